The lowest BCUT2D eigenvalue weighted by Gasteiger charge is -2.34. The van der Waals surface area contributed by atoms with E-state index < -0.39 is 0 Å². The normalized spacial score (nSPS) is 19.4. The number of hydrogen-bond acceptors (Lipinski definition) is 1. The van der Waals surface area contributed by atoms with E-state index in [-0.39, 0.29) is 0 Å². The molecule has 1 saturated heterocycles. The van der Waals surface area contributed by atoms with Gasteiger partial charge in [-0.3, -0.25) is 0 Å². The van der Waals surface area contributed by atoms with E-state index in [9.17, 15) is 0 Å². The zero-order valence-electron chi connectivity index (χ0n) is 11.1. The van der Waals surface area contributed by atoms with Crippen molar-refractivity contribution in [2.24, 2.45) is 0 Å². The zero-order valence-corrected chi connectivity index (χ0v) is 11.1. The molecule has 1 unspecified atom stereocenters. The van der Waals surface area contributed by atoms with Crippen molar-refractivity contribution in [1.29, 1.82) is 0 Å². The minimum absolute atomic E-state index is 0.413. The number of rotatable bonds is 3. The number of anilines is 1. The second-order valence-electron chi connectivity index (χ2n) is 5.03. The molecule has 97 valence electrons. The van der Waals surface area contributed by atoms with Gasteiger partial charge in [0.2, 0.25) is 0 Å². The molecule has 0 saturated carbocycles. The van der Waals surface area contributed by atoms with Crippen molar-refractivity contribution in [2.75, 3.05) is 24.5 Å². The fourth-order valence-electron chi connectivity index (χ4n) is 2.65. The third kappa shape index (κ3) is 3.15. The van der Waals surface area contributed by atoms with Crippen molar-refractivity contribution in [3.8, 4) is 0 Å². The molecule has 0 aromatic heterocycles. The molecule has 19 heavy (non-hydrogen) atoms. The monoisotopic (exact) mass is 251 g/mol. The van der Waals surface area contributed by atoms with Crippen LogP contribution in [-0.4, -0.2) is 25.7 Å². The van der Waals surface area contributed by atoms with E-state index >= 15 is 0 Å². The summed E-state index contributed by atoms with van der Waals surface area (Å²) in [4.78, 5) is 2.45. The summed E-state index contributed by atoms with van der Waals surface area (Å²) in [7, 11) is 0. The van der Waals surface area contributed by atoms with Crippen LogP contribution >= 0.6 is 0 Å². The number of piperazine rings is 1. The predicted molar refractivity (Wildman–Crippen MR) is 79.6 cm³/mol. The maximum Gasteiger partial charge on any atom is 0.0462 e. The molecule has 2 aromatic carbocycles. The predicted octanol–water partition coefficient (Wildman–Crippen LogP) is 2.72. The molecule has 2 aromatic rings. The fourth-order valence-corrected chi connectivity index (χ4v) is 2.65. The Bertz CT molecular complexity index is 495. The summed E-state index contributed by atoms with van der Waals surface area (Å²) in [6.07, 6.45) is 1.05. The number of para-hydroxylation sites is 1. The van der Waals surface area contributed by atoms with Crippen molar-refractivity contribution >= 4 is 5.69 Å². The molecule has 1 aliphatic heterocycles. The Morgan fingerprint density at radius 1 is 0.947 bits per heavy atom. The van der Waals surface area contributed by atoms with Gasteiger partial charge < -0.3 is 4.90 Å². The maximum atomic E-state index is 4.76. The Morgan fingerprint density at radius 2 is 1.63 bits per heavy atom. The van der Waals surface area contributed by atoms with Gasteiger partial charge in [0.25, 0.3) is 0 Å². The fraction of sp³-hybridized carbons (Fsp3) is 0.294. The molecule has 1 heterocycles. The summed E-state index contributed by atoms with van der Waals surface area (Å²) >= 11 is 0. The summed E-state index contributed by atoms with van der Waals surface area (Å²) in [5.41, 5.74) is 2.70. The third-order valence-corrected chi connectivity index (χ3v) is 3.62. The van der Waals surface area contributed by atoms with E-state index in [4.69, 9.17) is 5.32 Å². The zero-order chi connectivity index (χ0) is 12.9. The Balaban J connectivity index is 1.65. The Kier molecular flexibility index (Phi) is 3.80. The summed E-state index contributed by atoms with van der Waals surface area (Å²) in [5.74, 6) is 0. The summed E-state index contributed by atoms with van der Waals surface area (Å²) in [5, 5.41) is 4.76. The Morgan fingerprint density at radius 3 is 2.37 bits per heavy atom. The number of nitrogens with zero attached hydrogens (tertiary/aromatic N) is 2. The second kappa shape index (κ2) is 5.89. The second-order valence-corrected chi connectivity index (χ2v) is 5.03. The highest BCUT2D eigenvalue weighted by Gasteiger charge is 2.20. The van der Waals surface area contributed by atoms with Crippen molar-refractivity contribution < 1.29 is 0 Å². The van der Waals surface area contributed by atoms with Gasteiger partial charge in [-0.25, -0.2) is 5.32 Å². The van der Waals surface area contributed by atoms with Crippen LogP contribution in [0.2, 0.25) is 0 Å². The minimum Gasteiger partial charge on any atom is -0.369 e. The van der Waals surface area contributed by atoms with Crippen molar-refractivity contribution in [3.05, 3.63) is 66.2 Å². The lowest BCUT2D eigenvalue weighted by atomic mass is 10.0. The molecular formula is C17H19N2. The highest BCUT2D eigenvalue weighted by Crippen LogP contribution is 2.17. The van der Waals surface area contributed by atoms with Gasteiger partial charge in [0.05, 0.1) is 0 Å². The molecular weight excluding hydrogens is 232 g/mol. The highest BCUT2D eigenvalue weighted by molar-refractivity contribution is 5.46. The molecule has 0 spiro atoms. The van der Waals surface area contributed by atoms with E-state index in [1.165, 1.54) is 11.3 Å². The third-order valence-electron chi connectivity index (χ3n) is 3.62. The first-order valence-electron chi connectivity index (χ1n) is 6.92. The molecule has 1 fully saturated rings. The molecule has 2 nitrogen and oxygen atoms in total. The highest BCUT2D eigenvalue weighted by atomic mass is 15.2. The van der Waals surface area contributed by atoms with Crippen LogP contribution in [0.15, 0.2) is 60.7 Å². The van der Waals surface area contributed by atoms with E-state index in [1.54, 1.807) is 0 Å². The van der Waals surface area contributed by atoms with Gasteiger partial charge in [-0.2, -0.15) is 0 Å². The van der Waals surface area contributed by atoms with E-state index in [1.807, 2.05) is 0 Å². The molecule has 0 amide bonds. The first-order chi connectivity index (χ1) is 9.42. The minimum atomic E-state index is 0.413. The van der Waals surface area contributed by atoms with Crippen LogP contribution in [0.3, 0.4) is 0 Å². The van der Waals surface area contributed by atoms with Crippen molar-refractivity contribution in [3.63, 3.8) is 0 Å². The van der Waals surface area contributed by atoms with Gasteiger partial charge in [-0.15, -0.1) is 0 Å². The lowest BCUT2D eigenvalue weighted by Crippen LogP contribution is -2.48. The van der Waals surface area contributed by atoms with Crippen LogP contribution < -0.4 is 10.2 Å². The topological polar surface area (TPSA) is 17.3 Å². The van der Waals surface area contributed by atoms with E-state index in [2.05, 4.69) is 65.6 Å². The van der Waals surface area contributed by atoms with Crippen LogP contribution in [0.4, 0.5) is 5.69 Å². The van der Waals surface area contributed by atoms with Crippen LogP contribution in [0.25, 0.3) is 0 Å². The van der Waals surface area contributed by atoms with Gasteiger partial charge in [-0.1, -0.05) is 48.5 Å². The molecule has 0 bridgehead atoms. The lowest BCUT2D eigenvalue weighted by molar-refractivity contribution is 0.445. The van der Waals surface area contributed by atoms with Gasteiger partial charge in [0, 0.05) is 31.4 Å². The van der Waals surface area contributed by atoms with Gasteiger partial charge in [0.15, 0.2) is 0 Å². The molecule has 1 radical (unpaired) electrons. The Labute approximate surface area is 115 Å². The van der Waals surface area contributed by atoms with Gasteiger partial charge >= 0.3 is 0 Å². The van der Waals surface area contributed by atoms with E-state index in [0.29, 0.717) is 6.04 Å². The smallest absolute Gasteiger partial charge is 0.0462 e. The van der Waals surface area contributed by atoms with E-state index in [0.717, 1.165) is 26.1 Å². The number of benzene rings is 2. The molecule has 1 atom stereocenters. The molecule has 1 aliphatic rings. The number of hydrogen-bond donors (Lipinski definition) is 0. The molecule has 2 heteroatoms. The quantitative estimate of drug-likeness (QED) is 0.820. The average molecular weight is 251 g/mol. The van der Waals surface area contributed by atoms with Crippen molar-refractivity contribution in [1.82, 2.24) is 5.32 Å². The molecule has 0 N–H and O–H groups in total. The summed E-state index contributed by atoms with van der Waals surface area (Å²) < 4.78 is 0. The average Bonchev–Trinajstić information content (AvgIpc) is 2.49. The van der Waals surface area contributed by atoms with Crippen molar-refractivity contribution in [2.45, 2.75) is 12.5 Å². The van der Waals surface area contributed by atoms with Gasteiger partial charge in [-0.05, 0) is 24.1 Å². The van der Waals surface area contributed by atoms with Crippen LogP contribution in [-0.2, 0) is 6.42 Å². The SMILES string of the molecule is c1ccc(CC2CN(c3ccccc3)CC[N]2)cc1. The summed E-state index contributed by atoms with van der Waals surface area (Å²) in [6.45, 7) is 3.00. The van der Waals surface area contributed by atoms with Crippen LogP contribution in [0, 0.1) is 0 Å². The van der Waals surface area contributed by atoms with Crippen LogP contribution in [0.1, 0.15) is 5.56 Å². The molecule has 3 rings (SSSR count). The largest absolute Gasteiger partial charge is 0.369 e. The van der Waals surface area contributed by atoms with Gasteiger partial charge in [0.1, 0.15) is 0 Å². The first kappa shape index (κ1) is 12.2. The molecule has 0 aliphatic carbocycles. The Hall–Kier alpha value is -1.80. The maximum absolute atomic E-state index is 4.76. The standard InChI is InChI=1S/C17H19N2/c1-3-7-15(8-4-1)13-16-14-19(12-11-18-16)17-9-5-2-6-10-17/h1-10,16H,11-14H2. The first-order valence-corrected chi connectivity index (χ1v) is 6.92. The van der Waals surface area contributed by atoms with Crippen LogP contribution in [0.5, 0.6) is 0 Å². The summed E-state index contributed by atoms with van der Waals surface area (Å²) in [6, 6.07) is 21.7.